The van der Waals surface area contributed by atoms with E-state index in [1.165, 1.54) is 0 Å². The van der Waals surface area contributed by atoms with Crippen LogP contribution < -0.4 is 5.32 Å². The molecule has 1 aliphatic heterocycles. The minimum Gasteiger partial charge on any atom is -0.343 e. The van der Waals surface area contributed by atoms with Crippen LogP contribution in [0.25, 0.3) is 0 Å². The molecule has 1 saturated heterocycles. The smallest absolute Gasteiger partial charge is 0.246 e. The first-order valence-corrected chi connectivity index (χ1v) is 7.61. The number of rotatable bonds is 3. The van der Waals surface area contributed by atoms with Gasteiger partial charge in [-0.2, -0.15) is 0 Å². The lowest BCUT2D eigenvalue weighted by molar-refractivity contribution is -0.157. The molecule has 0 bridgehead atoms. The van der Waals surface area contributed by atoms with Crippen molar-refractivity contribution in [3.63, 3.8) is 0 Å². The van der Waals surface area contributed by atoms with Crippen LogP contribution in [0.3, 0.4) is 0 Å². The zero-order valence-electron chi connectivity index (χ0n) is 12.2. The first-order chi connectivity index (χ1) is 9.79. The van der Waals surface area contributed by atoms with Crippen LogP contribution in [0.1, 0.15) is 32.8 Å². The van der Waals surface area contributed by atoms with Gasteiger partial charge in [-0.1, -0.05) is 36.2 Å². The van der Waals surface area contributed by atoms with E-state index in [1.807, 2.05) is 6.92 Å². The monoisotopic (exact) mass is 328 g/mol. The molecule has 1 N–H and O–H groups in total. The van der Waals surface area contributed by atoms with Gasteiger partial charge in [0, 0.05) is 16.6 Å². The summed E-state index contributed by atoms with van der Waals surface area (Å²) in [7, 11) is 0. The van der Waals surface area contributed by atoms with Crippen molar-refractivity contribution in [1.82, 2.24) is 10.2 Å². The average Bonchev–Trinajstić information content (AvgIpc) is 2.43. The molecule has 1 aliphatic rings. The Bertz CT molecular complexity index is 591. The van der Waals surface area contributed by atoms with Crippen LogP contribution in [-0.2, 0) is 16.1 Å². The predicted octanol–water partition coefficient (Wildman–Crippen LogP) is 3.01. The van der Waals surface area contributed by atoms with E-state index >= 15 is 0 Å². The van der Waals surface area contributed by atoms with Crippen molar-refractivity contribution >= 4 is 35.0 Å². The highest BCUT2D eigenvalue weighted by molar-refractivity contribution is 6.35. The SMILES string of the molecule is CCC1(C)C(=O)NC(C)C(=O)N1Cc1ccc(Cl)cc1Cl. The van der Waals surface area contributed by atoms with Crippen LogP contribution in [0, 0.1) is 0 Å². The second kappa shape index (κ2) is 5.85. The van der Waals surface area contributed by atoms with Crippen LogP contribution in [0.5, 0.6) is 0 Å². The van der Waals surface area contributed by atoms with Crippen LogP contribution >= 0.6 is 23.2 Å². The van der Waals surface area contributed by atoms with Crippen LogP contribution in [0.2, 0.25) is 10.0 Å². The number of piperazine rings is 1. The van der Waals surface area contributed by atoms with Crippen molar-refractivity contribution in [2.24, 2.45) is 0 Å². The molecule has 6 heteroatoms. The Morgan fingerprint density at radius 2 is 2.00 bits per heavy atom. The molecule has 2 atom stereocenters. The topological polar surface area (TPSA) is 49.4 Å². The van der Waals surface area contributed by atoms with Gasteiger partial charge >= 0.3 is 0 Å². The van der Waals surface area contributed by atoms with Crippen molar-refractivity contribution in [3.05, 3.63) is 33.8 Å². The quantitative estimate of drug-likeness (QED) is 0.927. The molecule has 2 rings (SSSR count). The second-order valence-electron chi connectivity index (χ2n) is 5.48. The fourth-order valence-electron chi connectivity index (χ4n) is 2.44. The molecule has 1 fully saturated rings. The van der Waals surface area contributed by atoms with Gasteiger partial charge in [0.15, 0.2) is 0 Å². The minimum absolute atomic E-state index is 0.107. The zero-order valence-corrected chi connectivity index (χ0v) is 13.8. The van der Waals surface area contributed by atoms with Crippen LogP contribution in [0.4, 0.5) is 0 Å². The Morgan fingerprint density at radius 1 is 1.33 bits per heavy atom. The van der Waals surface area contributed by atoms with Gasteiger partial charge in [0.1, 0.15) is 11.6 Å². The molecule has 0 radical (unpaired) electrons. The number of nitrogens with one attached hydrogen (secondary N) is 1. The summed E-state index contributed by atoms with van der Waals surface area (Å²) < 4.78 is 0. The van der Waals surface area contributed by atoms with Crippen molar-refractivity contribution < 1.29 is 9.59 Å². The Labute approximate surface area is 134 Å². The fourth-order valence-corrected chi connectivity index (χ4v) is 2.91. The fraction of sp³-hybridized carbons (Fsp3) is 0.467. The van der Waals surface area contributed by atoms with Crippen molar-refractivity contribution in [1.29, 1.82) is 0 Å². The molecular formula is C15H18Cl2N2O2. The van der Waals surface area contributed by atoms with E-state index in [-0.39, 0.29) is 18.4 Å². The molecule has 0 aliphatic carbocycles. The predicted molar refractivity (Wildman–Crippen MR) is 83.3 cm³/mol. The molecule has 2 unspecified atom stereocenters. The highest BCUT2D eigenvalue weighted by Crippen LogP contribution is 2.30. The summed E-state index contributed by atoms with van der Waals surface area (Å²) >= 11 is 12.1. The number of benzene rings is 1. The Kier molecular flexibility index (Phi) is 4.49. The number of carbonyl (C=O) groups excluding carboxylic acids is 2. The number of hydrogen-bond acceptors (Lipinski definition) is 2. The summed E-state index contributed by atoms with van der Waals surface area (Å²) in [5.74, 6) is -0.243. The van der Waals surface area contributed by atoms with Crippen molar-refractivity contribution in [3.8, 4) is 0 Å². The van der Waals surface area contributed by atoms with E-state index in [0.717, 1.165) is 5.56 Å². The zero-order chi connectivity index (χ0) is 15.8. The number of carbonyl (C=O) groups is 2. The third-order valence-electron chi connectivity index (χ3n) is 4.10. The molecule has 1 heterocycles. The van der Waals surface area contributed by atoms with Crippen molar-refractivity contribution in [2.45, 2.75) is 45.3 Å². The number of halogens is 2. The Balaban J connectivity index is 2.37. The highest BCUT2D eigenvalue weighted by atomic mass is 35.5. The first kappa shape index (κ1) is 16.1. The maximum Gasteiger partial charge on any atom is 0.246 e. The van der Waals surface area contributed by atoms with Gasteiger partial charge in [0.25, 0.3) is 0 Å². The third kappa shape index (κ3) is 2.87. The summed E-state index contributed by atoms with van der Waals surface area (Å²) in [5, 5.41) is 3.76. The molecule has 4 nitrogen and oxygen atoms in total. The Morgan fingerprint density at radius 3 is 2.57 bits per heavy atom. The molecule has 1 aromatic carbocycles. The van der Waals surface area contributed by atoms with Gasteiger partial charge < -0.3 is 10.2 Å². The summed E-state index contributed by atoms with van der Waals surface area (Å²) in [6.45, 7) is 5.64. The summed E-state index contributed by atoms with van der Waals surface area (Å²) in [6, 6.07) is 4.62. The van der Waals surface area contributed by atoms with Gasteiger partial charge in [-0.05, 0) is 38.0 Å². The van der Waals surface area contributed by atoms with Gasteiger partial charge in [-0.3, -0.25) is 9.59 Å². The molecule has 2 amide bonds. The van der Waals surface area contributed by atoms with E-state index in [0.29, 0.717) is 16.5 Å². The minimum atomic E-state index is -0.868. The summed E-state index contributed by atoms with van der Waals surface area (Å²) in [5.41, 5.74) is -0.0944. The lowest BCUT2D eigenvalue weighted by Gasteiger charge is -2.45. The lowest BCUT2D eigenvalue weighted by atomic mass is 9.90. The lowest BCUT2D eigenvalue weighted by Crippen LogP contribution is -2.68. The average molecular weight is 329 g/mol. The Hall–Kier alpha value is -1.26. The van der Waals surface area contributed by atoms with E-state index in [9.17, 15) is 9.59 Å². The number of amides is 2. The molecule has 1 aromatic rings. The highest BCUT2D eigenvalue weighted by Gasteiger charge is 2.46. The molecule has 114 valence electrons. The summed E-state index contributed by atoms with van der Waals surface area (Å²) in [6.07, 6.45) is 0.530. The van der Waals surface area contributed by atoms with Crippen molar-refractivity contribution in [2.75, 3.05) is 0 Å². The molecule has 0 saturated carbocycles. The molecular weight excluding hydrogens is 311 g/mol. The third-order valence-corrected chi connectivity index (χ3v) is 4.69. The number of hydrogen-bond donors (Lipinski definition) is 1. The molecule has 0 spiro atoms. The standard InChI is InChI=1S/C15H18Cl2N2O2/c1-4-15(3)14(21)18-9(2)13(20)19(15)8-10-5-6-11(16)7-12(10)17/h5-7,9H,4,8H2,1-3H3,(H,18,21). The van der Waals surface area contributed by atoms with Gasteiger partial charge in [-0.25, -0.2) is 0 Å². The van der Waals surface area contributed by atoms with Crippen LogP contribution in [-0.4, -0.2) is 28.3 Å². The summed E-state index contributed by atoms with van der Waals surface area (Å²) in [4.78, 5) is 26.4. The molecule has 0 aromatic heterocycles. The van der Waals surface area contributed by atoms with Crippen LogP contribution in [0.15, 0.2) is 18.2 Å². The molecule has 21 heavy (non-hydrogen) atoms. The maximum absolute atomic E-state index is 12.5. The van der Waals surface area contributed by atoms with Gasteiger partial charge in [-0.15, -0.1) is 0 Å². The number of nitrogens with zero attached hydrogens (tertiary/aromatic N) is 1. The maximum atomic E-state index is 12.5. The normalized spacial score (nSPS) is 26.0. The van der Waals surface area contributed by atoms with Gasteiger partial charge in [0.2, 0.25) is 11.8 Å². The largest absolute Gasteiger partial charge is 0.343 e. The van der Waals surface area contributed by atoms with E-state index < -0.39 is 11.6 Å². The van der Waals surface area contributed by atoms with E-state index in [2.05, 4.69) is 5.32 Å². The first-order valence-electron chi connectivity index (χ1n) is 6.86. The van der Waals surface area contributed by atoms with E-state index in [1.54, 1.807) is 36.9 Å². The van der Waals surface area contributed by atoms with E-state index in [4.69, 9.17) is 23.2 Å². The second-order valence-corrected chi connectivity index (χ2v) is 6.33. The van der Waals surface area contributed by atoms with Gasteiger partial charge in [0.05, 0.1) is 0 Å².